The van der Waals surface area contributed by atoms with E-state index in [4.69, 9.17) is 19.3 Å². The topological polar surface area (TPSA) is 119 Å². The van der Waals surface area contributed by atoms with Gasteiger partial charge in [-0.25, -0.2) is 4.57 Å². The second-order valence-corrected chi connectivity index (χ2v) is 13.8. The zero-order chi connectivity index (χ0) is 33.3. The molecular formula is C36H69O8P. The summed E-state index contributed by atoms with van der Waals surface area (Å²) in [4.78, 5) is 42.6. The number of unbranched alkanes of at least 4 members (excludes halogenated alkanes) is 22. The zero-order valence-electron chi connectivity index (χ0n) is 29.0. The van der Waals surface area contributed by atoms with Crippen molar-refractivity contribution in [1.82, 2.24) is 0 Å². The van der Waals surface area contributed by atoms with Crippen molar-refractivity contribution in [2.24, 2.45) is 0 Å². The number of carbonyl (C=O) groups is 2. The maximum absolute atomic E-state index is 12.3. The summed E-state index contributed by atoms with van der Waals surface area (Å²) in [5.41, 5.74) is 0. The molecule has 0 heterocycles. The Morgan fingerprint density at radius 1 is 0.556 bits per heavy atom. The minimum Gasteiger partial charge on any atom is -0.462 e. The number of hydrogen-bond acceptors (Lipinski definition) is 6. The molecule has 0 saturated heterocycles. The average molecular weight is 661 g/mol. The molecule has 0 rings (SSSR count). The fourth-order valence-corrected chi connectivity index (χ4v) is 5.61. The Morgan fingerprint density at radius 3 is 1.40 bits per heavy atom. The highest BCUT2D eigenvalue weighted by molar-refractivity contribution is 7.46. The van der Waals surface area contributed by atoms with E-state index in [0.29, 0.717) is 12.8 Å². The summed E-state index contributed by atoms with van der Waals surface area (Å²) in [5, 5.41) is 0. The maximum Gasteiger partial charge on any atom is 0.469 e. The summed E-state index contributed by atoms with van der Waals surface area (Å²) in [6, 6.07) is 0. The minimum atomic E-state index is -4.74. The number of hydrogen-bond donors (Lipinski definition) is 2. The summed E-state index contributed by atoms with van der Waals surface area (Å²) in [6.45, 7) is 3.65. The van der Waals surface area contributed by atoms with E-state index in [0.717, 1.165) is 51.4 Å². The molecule has 0 bridgehead atoms. The Labute approximate surface area is 276 Å². The van der Waals surface area contributed by atoms with Gasteiger partial charge in [0, 0.05) is 12.8 Å². The maximum atomic E-state index is 12.3. The molecule has 0 aromatic rings. The van der Waals surface area contributed by atoms with Crippen molar-refractivity contribution < 1.29 is 37.9 Å². The molecule has 1 atom stereocenters. The predicted octanol–water partition coefficient (Wildman–Crippen LogP) is 10.7. The summed E-state index contributed by atoms with van der Waals surface area (Å²) in [5.74, 6) is -0.888. The van der Waals surface area contributed by atoms with Crippen LogP contribution in [0.3, 0.4) is 0 Å². The van der Waals surface area contributed by atoms with Crippen LogP contribution in [0.1, 0.15) is 187 Å². The fourth-order valence-electron chi connectivity index (χ4n) is 5.25. The van der Waals surface area contributed by atoms with Crippen molar-refractivity contribution in [2.45, 2.75) is 193 Å². The Kier molecular flexibility index (Phi) is 31.8. The summed E-state index contributed by atoms with van der Waals surface area (Å²) >= 11 is 0. The van der Waals surface area contributed by atoms with E-state index in [-0.39, 0.29) is 19.4 Å². The van der Waals surface area contributed by atoms with Gasteiger partial charge in [0.1, 0.15) is 6.61 Å². The molecular weight excluding hydrogens is 591 g/mol. The van der Waals surface area contributed by atoms with E-state index in [1.807, 2.05) is 0 Å². The van der Waals surface area contributed by atoms with E-state index >= 15 is 0 Å². The standard InChI is InChI=1S/C36H69O8P/c1-3-5-7-9-11-13-15-17-18-19-21-23-25-27-29-31-36(38)44-34(33-43-45(39,40)41)32-42-35(37)30-28-26-24-22-20-16-14-12-10-8-6-4-2/h12,14,34H,3-11,13,15-33H2,1-2H3,(H2,39,40,41)/b14-12-/t34-/m1/s1. The van der Waals surface area contributed by atoms with E-state index in [9.17, 15) is 14.2 Å². The molecule has 0 spiro atoms. The normalized spacial score (nSPS) is 12.5. The molecule has 8 nitrogen and oxygen atoms in total. The SMILES string of the molecule is CCCCC/C=C\CCCCCCCC(=O)OC[C@H](COP(=O)(O)O)OC(=O)CCCCCCCCCCCCCCCCC. The average Bonchev–Trinajstić information content (AvgIpc) is 3.00. The monoisotopic (exact) mass is 660 g/mol. The molecule has 0 aromatic heterocycles. The van der Waals surface area contributed by atoms with Gasteiger partial charge in [0.2, 0.25) is 0 Å². The van der Waals surface area contributed by atoms with Crippen LogP contribution in [0.4, 0.5) is 0 Å². The molecule has 0 aliphatic heterocycles. The molecule has 0 fully saturated rings. The minimum absolute atomic E-state index is 0.216. The van der Waals surface area contributed by atoms with Gasteiger partial charge in [-0.15, -0.1) is 0 Å². The van der Waals surface area contributed by atoms with E-state index in [1.54, 1.807) is 0 Å². The molecule has 0 saturated carbocycles. The van der Waals surface area contributed by atoms with E-state index < -0.39 is 32.5 Å². The first kappa shape index (κ1) is 43.8. The lowest BCUT2D eigenvalue weighted by molar-refractivity contribution is -0.161. The Morgan fingerprint density at radius 2 is 0.933 bits per heavy atom. The lowest BCUT2D eigenvalue weighted by atomic mass is 10.0. The predicted molar refractivity (Wildman–Crippen MR) is 184 cm³/mol. The van der Waals surface area contributed by atoms with Crippen LogP contribution in [0.5, 0.6) is 0 Å². The molecule has 2 N–H and O–H groups in total. The van der Waals surface area contributed by atoms with E-state index in [2.05, 4.69) is 30.5 Å². The highest BCUT2D eigenvalue weighted by Gasteiger charge is 2.22. The number of phosphoric ester groups is 1. The van der Waals surface area contributed by atoms with Crippen molar-refractivity contribution in [2.75, 3.05) is 13.2 Å². The number of ether oxygens (including phenoxy) is 2. The molecule has 0 aromatic carbocycles. The van der Waals surface area contributed by atoms with Crippen molar-refractivity contribution in [3.8, 4) is 0 Å². The van der Waals surface area contributed by atoms with E-state index in [1.165, 1.54) is 96.3 Å². The highest BCUT2D eigenvalue weighted by Crippen LogP contribution is 2.36. The Balaban J connectivity index is 3.95. The van der Waals surface area contributed by atoms with Gasteiger partial charge < -0.3 is 19.3 Å². The van der Waals surface area contributed by atoms with Gasteiger partial charge in [0.05, 0.1) is 6.61 Å². The third-order valence-corrected chi connectivity index (χ3v) is 8.52. The smallest absolute Gasteiger partial charge is 0.462 e. The first-order valence-electron chi connectivity index (χ1n) is 18.5. The second-order valence-electron chi connectivity index (χ2n) is 12.6. The molecule has 0 unspecified atom stereocenters. The van der Waals surface area contributed by atoms with Gasteiger partial charge in [0.15, 0.2) is 6.10 Å². The fraction of sp³-hybridized carbons (Fsp3) is 0.889. The van der Waals surface area contributed by atoms with Gasteiger partial charge in [0.25, 0.3) is 0 Å². The second kappa shape index (κ2) is 32.7. The molecule has 45 heavy (non-hydrogen) atoms. The third kappa shape index (κ3) is 35.5. The van der Waals surface area contributed by atoms with Gasteiger partial charge >= 0.3 is 19.8 Å². The number of phosphoric acid groups is 1. The number of allylic oxidation sites excluding steroid dienone is 2. The van der Waals surface area contributed by atoms with Crippen LogP contribution in [0, 0.1) is 0 Å². The summed E-state index contributed by atoms with van der Waals surface area (Å²) < 4.78 is 26.3. The molecule has 0 radical (unpaired) electrons. The van der Waals surface area contributed by atoms with Crippen LogP contribution in [-0.4, -0.2) is 41.0 Å². The van der Waals surface area contributed by atoms with Gasteiger partial charge in [-0.1, -0.05) is 148 Å². The Bertz CT molecular complexity index is 751. The Hall–Kier alpha value is -1.21. The number of carbonyl (C=O) groups excluding carboxylic acids is 2. The van der Waals surface area contributed by atoms with Crippen LogP contribution in [0.25, 0.3) is 0 Å². The zero-order valence-corrected chi connectivity index (χ0v) is 29.9. The number of esters is 2. The van der Waals surface area contributed by atoms with Crippen molar-refractivity contribution in [3.05, 3.63) is 12.2 Å². The largest absolute Gasteiger partial charge is 0.469 e. The van der Waals surface area contributed by atoms with Crippen LogP contribution in [0.2, 0.25) is 0 Å². The third-order valence-electron chi connectivity index (χ3n) is 8.03. The van der Waals surface area contributed by atoms with Gasteiger partial charge in [-0.3, -0.25) is 14.1 Å². The first-order chi connectivity index (χ1) is 21.8. The number of rotatable bonds is 34. The van der Waals surface area contributed by atoms with Crippen molar-refractivity contribution in [1.29, 1.82) is 0 Å². The summed E-state index contributed by atoms with van der Waals surface area (Å²) in [7, 11) is -4.74. The van der Waals surface area contributed by atoms with Crippen LogP contribution in [-0.2, 0) is 28.2 Å². The van der Waals surface area contributed by atoms with Crippen molar-refractivity contribution in [3.63, 3.8) is 0 Å². The quantitative estimate of drug-likeness (QED) is 0.0303. The van der Waals surface area contributed by atoms with Gasteiger partial charge in [-0.2, -0.15) is 0 Å². The van der Waals surface area contributed by atoms with Crippen molar-refractivity contribution >= 4 is 19.8 Å². The molecule has 0 aliphatic carbocycles. The lowest BCUT2D eigenvalue weighted by Crippen LogP contribution is -2.29. The lowest BCUT2D eigenvalue weighted by Gasteiger charge is -2.18. The molecule has 9 heteroatoms. The van der Waals surface area contributed by atoms with Gasteiger partial charge in [-0.05, 0) is 38.5 Å². The van der Waals surface area contributed by atoms with Crippen LogP contribution >= 0.6 is 7.82 Å². The summed E-state index contributed by atoms with van der Waals surface area (Å²) in [6.07, 6.45) is 33.6. The molecule has 0 aliphatic rings. The van der Waals surface area contributed by atoms with Crippen LogP contribution < -0.4 is 0 Å². The molecule has 0 amide bonds. The molecule has 266 valence electrons. The first-order valence-corrected chi connectivity index (χ1v) is 20.0. The van der Waals surface area contributed by atoms with Crippen LogP contribution in [0.15, 0.2) is 12.2 Å². The highest BCUT2D eigenvalue weighted by atomic mass is 31.2.